The van der Waals surface area contributed by atoms with Gasteiger partial charge in [-0.15, -0.1) is 0 Å². The van der Waals surface area contributed by atoms with E-state index in [9.17, 15) is 53.3 Å². The number of carbonyl (C=O) groups excluding carboxylic acids is 3. The van der Waals surface area contributed by atoms with E-state index < -0.39 is 74.1 Å². The molecule has 5 aromatic carbocycles. The van der Waals surface area contributed by atoms with Crippen LogP contribution in [0.15, 0.2) is 128 Å². The number of nitrogens with one attached hydrogen (secondary N) is 4. The summed E-state index contributed by atoms with van der Waals surface area (Å²) >= 11 is 0. The molecule has 0 unspecified atom stereocenters. The van der Waals surface area contributed by atoms with Crippen molar-refractivity contribution in [1.29, 1.82) is 0 Å². The molecule has 0 heterocycles. The van der Waals surface area contributed by atoms with E-state index in [1.54, 1.807) is 36.4 Å². The second-order valence-corrected chi connectivity index (χ2v) is 16.6. The van der Waals surface area contributed by atoms with Gasteiger partial charge in [-0.1, -0.05) is 42.5 Å². The Bertz CT molecular complexity index is 3090. The van der Waals surface area contributed by atoms with Gasteiger partial charge in [0.1, 0.15) is 14.7 Å². The molecule has 58 heavy (non-hydrogen) atoms. The van der Waals surface area contributed by atoms with Crippen LogP contribution in [-0.4, -0.2) is 67.9 Å². The number of nitrogens with zero attached hydrogens (tertiary/aromatic N) is 2. The van der Waals surface area contributed by atoms with Crippen molar-refractivity contribution in [2.75, 3.05) is 21.5 Å². The molecule has 0 fully saturated rings. The van der Waals surface area contributed by atoms with Gasteiger partial charge in [-0.05, 0) is 83.9 Å². The van der Waals surface area contributed by atoms with Crippen LogP contribution < -0.4 is 21.5 Å². The predicted octanol–water partition coefficient (Wildman–Crippen LogP) is 5.52. The molecular weight excluding hydrogens is 817 g/mol. The van der Waals surface area contributed by atoms with Gasteiger partial charge in [0.25, 0.3) is 30.4 Å². The summed E-state index contributed by atoms with van der Waals surface area (Å²) in [6.45, 7) is 0. The zero-order valence-corrected chi connectivity index (χ0v) is 31.6. The van der Waals surface area contributed by atoms with Crippen molar-refractivity contribution in [2.24, 2.45) is 10.2 Å². The molecule has 2 amide bonds. The largest absolute Gasteiger partial charge is 0.323 e. The quantitative estimate of drug-likeness (QED) is 0.0711. The number of hydrogen-bond acceptors (Lipinski definition) is 13. The van der Waals surface area contributed by atoms with Gasteiger partial charge in [0.15, 0.2) is 11.4 Å². The molecular formula is C37H26N6O12S3. The Labute approximate surface area is 328 Å². The van der Waals surface area contributed by atoms with Gasteiger partial charge in [0.05, 0.1) is 11.4 Å². The zero-order valence-electron chi connectivity index (χ0n) is 29.1. The third kappa shape index (κ3) is 8.02. The first-order chi connectivity index (χ1) is 27.4. The fourth-order valence-electron chi connectivity index (χ4n) is 6.07. The number of hydrazone groups is 2. The summed E-state index contributed by atoms with van der Waals surface area (Å²) in [6.07, 6.45) is 1.98. The highest BCUT2D eigenvalue weighted by molar-refractivity contribution is 7.91. The molecule has 0 bridgehead atoms. The number of hydrogen-bond donors (Lipinski definition) is 7. The number of carbonyl (C=O) groups is 3. The van der Waals surface area contributed by atoms with E-state index in [0.717, 1.165) is 18.2 Å². The molecule has 7 rings (SSSR count). The SMILES string of the molecule is O=C(Nc1ccc2c(c1)C=C(S(=O)(=O)O)/C(=N\Nc1ccccc1)C2=O)Nc1ccc2c(c1)C=C(S(=O)(=O)O)/C(=N\Nc1ccc(S(=O)(=O)O)c3ccccc13)C2=O. The van der Waals surface area contributed by atoms with E-state index in [2.05, 4.69) is 31.7 Å². The van der Waals surface area contributed by atoms with Crippen LogP contribution in [0.3, 0.4) is 0 Å². The van der Waals surface area contributed by atoms with Crippen LogP contribution in [0.4, 0.5) is 27.5 Å². The van der Waals surface area contributed by atoms with E-state index in [-0.39, 0.29) is 50.1 Å². The summed E-state index contributed by atoms with van der Waals surface area (Å²) in [7, 11) is -14.6. The molecule has 21 heteroatoms. The predicted molar refractivity (Wildman–Crippen MR) is 216 cm³/mol. The first kappa shape index (κ1) is 39.4. The number of urea groups is 1. The zero-order chi connectivity index (χ0) is 41.6. The van der Waals surface area contributed by atoms with Crippen LogP contribution in [0.2, 0.25) is 0 Å². The monoisotopic (exact) mass is 842 g/mol. The number of Topliss-reactive ketones (excluding diaryl/α,β-unsaturated/α-hetero) is 2. The number of rotatable bonds is 9. The van der Waals surface area contributed by atoms with Gasteiger partial charge in [-0.2, -0.15) is 35.5 Å². The summed E-state index contributed by atoms with van der Waals surface area (Å²) in [5, 5.41) is 13.2. The fraction of sp³-hybridized carbons (Fsp3) is 0. The van der Waals surface area contributed by atoms with Crippen LogP contribution >= 0.6 is 0 Å². The standard InChI is InChI=1S/C37H26N6O12S3/c44-35-25-12-10-23(16-20(25)18-31(57(50,51)52)33(35)42-40-22-6-2-1-3-7-22)38-37(46)39-24-11-13-26-21(17-24)19-32(58(53,54)55)34(36(26)45)43-41-29-14-15-30(56(47,48)49)28-9-5-4-8-27(28)29/h1-19,40-41H,(H2,38,39,46)(H,47,48,49)(H,50,51,52)(H,53,54,55)/b42-33+,43-34+. The minimum Gasteiger partial charge on any atom is -0.308 e. The first-order valence-electron chi connectivity index (χ1n) is 16.4. The van der Waals surface area contributed by atoms with E-state index in [4.69, 9.17) is 0 Å². The minimum absolute atomic E-state index is 0.0216. The molecule has 2 aliphatic rings. The summed E-state index contributed by atoms with van der Waals surface area (Å²) < 4.78 is 103. The number of benzene rings is 5. The smallest absolute Gasteiger partial charge is 0.308 e. The normalized spacial score (nSPS) is 15.6. The number of allylic oxidation sites excluding steroid dienone is 2. The third-order valence-corrected chi connectivity index (χ3v) is 11.3. The van der Waals surface area contributed by atoms with Gasteiger partial charge in [-0.3, -0.25) is 34.1 Å². The van der Waals surface area contributed by atoms with Crippen molar-refractivity contribution in [3.8, 4) is 0 Å². The molecule has 5 aromatic rings. The van der Waals surface area contributed by atoms with Gasteiger partial charge < -0.3 is 10.6 Å². The van der Waals surface area contributed by atoms with Crippen molar-refractivity contribution >= 4 is 105 Å². The molecule has 0 radical (unpaired) electrons. The van der Waals surface area contributed by atoms with E-state index in [0.29, 0.717) is 5.69 Å². The van der Waals surface area contributed by atoms with Gasteiger partial charge in [0.2, 0.25) is 11.6 Å². The third-order valence-electron chi connectivity index (χ3n) is 8.65. The maximum Gasteiger partial charge on any atom is 0.323 e. The van der Waals surface area contributed by atoms with Crippen molar-refractivity contribution < 1.29 is 53.3 Å². The molecule has 7 N–H and O–H groups in total. The Morgan fingerprint density at radius 3 is 1.50 bits per heavy atom. The Morgan fingerprint density at radius 1 is 0.517 bits per heavy atom. The second-order valence-electron chi connectivity index (χ2n) is 12.5. The lowest BCUT2D eigenvalue weighted by atomic mass is 9.94. The fourth-order valence-corrected chi connectivity index (χ4v) is 8.09. The van der Waals surface area contributed by atoms with Crippen LogP contribution in [-0.2, 0) is 30.4 Å². The highest BCUT2D eigenvalue weighted by Gasteiger charge is 2.34. The molecule has 0 aromatic heterocycles. The average molecular weight is 843 g/mol. The number of fused-ring (bicyclic) bond motifs is 3. The number of para-hydroxylation sites is 1. The maximum absolute atomic E-state index is 13.6. The average Bonchev–Trinajstić information content (AvgIpc) is 3.16. The minimum atomic E-state index is -5.08. The Hall–Kier alpha value is -6.88. The number of ketones is 2. The van der Waals surface area contributed by atoms with Crippen LogP contribution in [0.5, 0.6) is 0 Å². The highest BCUT2D eigenvalue weighted by atomic mass is 32.2. The topological polar surface area (TPSA) is 287 Å². The number of amides is 2. The lowest BCUT2D eigenvalue weighted by Crippen LogP contribution is -2.27. The summed E-state index contributed by atoms with van der Waals surface area (Å²) in [6, 6.07) is 23.6. The Balaban J connectivity index is 1.12. The molecule has 0 spiro atoms. The molecule has 0 atom stereocenters. The molecule has 2 aliphatic carbocycles. The van der Waals surface area contributed by atoms with E-state index in [1.807, 2.05) is 0 Å². The lowest BCUT2D eigenvalue weighted by molar-refractivity contribution is 0.105. The lowest BCUT2D eigenvalue weighted by Gasteiger charge is -2.18. The van der Waals surface area contributed by atoms with Crippen molar-refractivity contribution in [3.05, 3.63) is 135 Å². The highest BCUT2D eigenvalue weighted by Crippen LogP contribution is 2.32. The van der Waals surface area contributed by atoms with E-state index >= 15 is 0 Å². The second kappa shape index (κ2) is 14.9. The Kier molecular flexibility index (Phi) is 10.1. The van der Waals surface area contributed by atoms with Crippen LogP contribution in [0, 0.1) is 0 Å². The molecule has 294 valence electrons. The van der Waals surface area contributed by atoms with Crippen molar-refractivity contribution in [2.45, 2.75) is 4.90 Å². The Morgan fingerprint density at radius 2 is 1.00 bits per heavy atom. The summed E-state index contributed by atoms with van der Waals surface area (Å²) in [4.78, 5) is 37.9. The molecule has 18 nitrogen and oxygen atoms in total. The molecule has 0 saturated carbocycles. The van der Waals surface area contributed by atoms with Gasteiger partial charge in [-0.25, -0.2) is 4.79 Å². The number of anilines is 4. The van der Waals surface area contributed by atoms with Crippen LogP contribution in [0.1, 0.15) is 31.8 Å². The van der Waals surface area contributed by atoms with Gasteiger partial charge >= 0.3 is 6.03 Å². The van der Waals surface area contributed by atoms with Crippen molar-refractivity contribution in [3.63, 3.8) is 0 Å². The first-order valence-corrected chi connectivity index (χ1v) is 20.8. The van der Waals surface area contributed by atoms with E-state index in [1.165, 1.54) is 60.7 Å². The van der Waals surface area contributed by atoms with Crippen LogP contribution in [0.25, 0.3) is 22.9 Å². The molecule has 0 saturated heterocycles. The summed E-state index contributed by atoms with van der Waals surface area (Å²) in [5.41, 5.74) is 4.56. The summed E-state index contributed by atoms with van der Waals surface area (Å²) in [5.74, 6) is -1.75. The van der Waals surface area contributed by atoms with Gasteiger partial charge in [0, 0.05) is 33.3 Å². The van der Waals surface area contributed by atoms with Crippen molar-refractivity contribution in [1.82, 2.24) is 0 Å². The molecule has 0 aliphatic heterocycles. The maximum atomic E-state index is 13.6.